The Hall–Kier alpha value is -0.200. The molecule has 4 saturated carbocycles. The molecule has 5 heteroatoms. The molecule has 0 radical (unpaired) electrons. The van der Waals surface area contributed by atoms with Crippen LogP contribution in [0.25, 0.3) is 0 Å². The van der Waals surface area contributed by atoms with Crippen LogP contribution in [-0.2, 0) is 9.47 Å². The summed E-state index contributed by atoms with van der Waals surface area (Å²) in [7, 11) is 0. The van der Waals surface area contributed by atoms with Crippen molar-refractivity contribution in [3.8, 4) is 0 Å². The third-order valence-electron chi connectivity index (χ3n) is 12.0. The van der Waals surface area contributed by atoms with Gasteiger partial charge in [0.15, 0.2) is 5.79 Å². The fourth-order valence-electron chi connectivity index (χ4n) is 10.3. The highest BCUT2D eigenvalue weighted by molar-refractivity contribution is 5.16. The maximum atomic E-state index is 11.3. The zero-order valence-corrected chi connectivity index (χ0v) is 20.4. The van der Waals surface area contributed by atoms with Crippen LogP contribution in [0.15, 0.2) is 0 Å². The predicted molar refractivity (Wildman–Crippen MR) is 121 cm³/mol. The fraction of sp³-hybridized carbons (Fsp3) is 1.00. The molecule has 5 nitrogen and oxygen atoms in total. The van der Waals surface area contributed by atoms with Crippen LogP contribution in [0.1, 0.15) is 79.1 Å². The van der Waals surface area contributed by atoms with Gasteiger partial charge in [-0.15, -0.1) is 0 Å². The van der Waals surface area contributed by atoms with Crippen molar-refractivity contribution in [3.63, 3.8) is 0 Å². The summed E-state index contributed by atoms with van der Waals surface area (Å²) in [6.07, 6.45) is 6.22. The SMILES string of the molecule is C[C@@H]1CC[C@@]2(OC1)O[C@H]1C[C@H]3[C@@H]4C[C@@H](O)[C@@H]5C[C@@H](O)[C@H](O)C[C@@]5(C)[C@H]4CC[C@]3(C)[C@H]1[C@@H]2C. The summed E-state index contributed by atoms with van der Waals surface area (Å²) in [5.41, 5.74) is 0.146. The summed E-state index contributed by atoms with van der Waals surface area (Å²) in [6.45, 7) is 10.3. The van der Waals surface area contributed by atoms with Crippen molar-refractivity contribution < 1.29 is 24.8 Å². The maximum absolute atomic E-state index is 11.3. The Morgan fingerprint density at radius 2 is 1.56 bits per heavy atom. The third-order valence-corrected chi connectivity index (χ3v) is 12.0. The van der Waals surface area contributed by atoms with Crippen molar-refractivity contribution in [3.05, 3.63) is 0 Å². The number of hydrogen-bond donors (Lipinski definition) is 3. The van der Waals surface area contributed by atoms with Crippen LogP contribution < -0.4 is 0 Å². The van der Waals surface area contributed by atoms with Crippen molar-refractivity contribution >= 4 is 0 Å². The number of rotatable bonds is 0. The third kappa shape index (κ3) is 2.81. The van der Waals surface area contributed by atoms with E-state index in [1.807, 2.05) is 0 Å². The molecule has 0 aromatic rings. The van der Waals surface area contributed by atoms with E-state index in [-0.39, 0.29) is 34.7 Å². The first-order chi connectivity index (χ1) is 15.1. The lowest BCUT2D eigenvalue weighted by molar-refractivity contribution is -0.273. The number of ether oxygens (including phenoxy) is 2. The minimum atomic E-state index is -0.692. The Balaban J connectivity index is 1.28. The Labute approximate surface area is 193 Å². The van der Waals surface area contributed by atoms with E-state index in [4.69, 9.17) is 9.47 Å². The summed E-state index contributed by atoms with van der Waals surface area (Å²) in [4.78, 5) is 0. The lowest BCUT2D eigenvalue weighted by atomic mass is 9.43. The van der Waals surface area contributed by atoms with Gasteiger partial charge in [-0.3, -0.25) is 0 Å². The van der Waals surface area contributed by atoms with E-state index >= 15 is 0 Å². The second-order valence-electron chi connectivity index (χ2n) is 13.4. The molecule has 2 saturated heterocycles. The van der Waals surface area contributed by atoms with Gasteiger partial charge in [0.05, 0.1) is 31.0 Å². The van der Waals surface area contributed by atoms with E-state index < -0.39 is 12.2 Å². The summed E-state index contributed by atoms with van der Waals surface area (Å²) in [6, 6.07) is 0. The average molecular weight is 449 g/mol. The zero-order chi connectivity index (χ0) is 22.6. The first-order valence-corrected chi connectivity index (χ1v) is 13.4. The summed E-state index contributed by atoms with van der Waals surface area (Å²) < 4.78 is 13.3. The first-order valence-electron chi connectivity index (χ1n) is 13.4. The molecule has 2 heterocycles. The summed E-state index contributed by atoms with van der Waals surface area (Å²) >= 11 is 0. The predicted octanol–water partition coefficient (Wildman–Crippen LogP) is 3.74. The van der Waals surface area contributed by atoms with Crippen molar-refractivity contribution in [1.29, 1.82) is 0 Å². The van der Waals surface area contributed by atoms with E-state index in [2.05, 4.69) is 27.7 Å². The van der Waals surface area contributed by atoms with E-state index in [1.165, 1.54) is 19.3 Å². The molecule has 0 bridgehead atoms. The molecule has 0 unspecified atom stereocenters. The molecule has 2 aliphatic heterocycles. The van der Waals surface area contributed by atoms with E-state index in [1.54, 1.807) is 0 Å². The highest BCUT2D eigenvalue weighted by atomic mass is 16.7. The number of aliphatic hydroxyl groups excluding tert-OH is 3. The van der Waals surface area contributed by atoms with Crippen LogP contribution in [0.5, 0.6) is 0 Å². The van der Waals surface area contributed by atoms with Gasteiger partial charge in [-0.2, -0.15) is 0 Å². The molecular formula is C27H44O5. The van der Waals surface area contributed by atoms with Gasteiger partial charge in [-0.05, 0) is 91.3 Å². The maximum Gasteiger partial charge on any atom is 0.171 e. The number of fused-ring (bicyclic) bond motifs is 7. The Kier molecular flexibility index (Phi) is 4.99. The normalized spacial score (nSPS) is 64.0. The molecule has 4 aliphatic carbocycles. The number of hydrogen-bond acceptors (Lipinski definition) is 5. The quantitative estimate of drug-likeness (QED) is 0.526. The van der Waals surface area contributed by atoms with Gasteiger partial charge in [0.2, 0.25) is 0 Å². The molecular weight excluding hydrogens is 404 g/mol. The topological polar surface area (TPSA) is 79.2 Å². The lowest BCUT2D eigenvalue weighted by Gasteiger charge is -2.62. The van der Waals surface area contributed by atoms with E-state index in [0.29, 0.717) is 48.3 Å². The smallest absolute Gasteiger partial charge is 0.171 e. The van der Waals surface area contributed by atoms with E-state index in [0.717, 1.165) is 25.9 Å². The Bertz CT molecular complexity index is 748. The minimum absolute atomic E-state index is 0.0870. The van der Waals surface area contributed by atoms with Crippen molar-refractivity contribution in [2.45, 2.75) is 109 Å². The van der Waals surface area contributed by atoms with Gasteiger partial charge < -0.3 is 24.8 Å². The van der Waals surface area contributed by atoms with Gasteiger partial charge in [-0.25, -0.2) is 0 Å². The van der Waals surface area contributed by atoms with Crippen molar-refractivity contribution in [2.24, 2.45) is 52.3 Å². The van der Waals surface area contributed by atoms with Gasteiger partial charge in [-0.1, -0.05) is 27.7 Å². The minimum Gasteiger partial charge on any atom is -0.393 e. The summed E-state index contributed by atoms with van der Waals surface area (Å²) in [5, 5.41) is 32.1. The van der Waals surface area contributed by atoms with Crippen molar-refractivity contribution in [1.82, 2.24) is 0 Å². The molecule has 0 aromatic heterocycles. The monoisotopic (exact) mass is 448 g/mol. The largest absolute Gasteiger partial charge is 0.393 e. The molecule has 14 atom stereocenters. The molecule has 182 valence electrons. The van der Waals surface area contributed by atoms with E-state index in [9.17, 15) is 15.3 Å². The summed E-state index contributed by atoms with van der Waals surface area (Å²) in [5.74, 6) is 2.86. The van der Waals surface area contributed by atoms with Crippen LogP contribution in [0.4, 0.5) is 0 Å². The zero-order valence-electron chi connectivity index (χ0n) is 20.4. The Morgan fingerprint density at radius 3 is 2.28 bits per heavy atom. The molecule has 6 rings (SSSR count). The standard InChI is InChI=1S/C27H44O5/c1-14-5-8-27(31-13-14)15(2)24-23(32-27)11-18-16-9-20(28)19-10-21(29)22(30)12-26(19,4)17(16)6-7-25(18,24)3/h14-24,28-30H,5-13H2,1-4H3/t14-,15+,16-,17+,18+,19+,20-,21-,22-,23+,24+,25+,26+,27-/m1/s1. The molecule has 6 aliphatic rings. The highest BCUT2D eigenvalue weighted by Crippen LogP contribution is 2.71. The van der Waals surface area contributed by atoms with Crippen LogP contribution in [0.2, 0.25) is 0 Å². The van der Waals surface area contributed by atoms with Gasteiger partial charge in [0.1, 0.15) is 0 Å². The molecule has 0 aromatic carbocycles. The molecule has 3 N–H and O–H groups in total. The van der Waals surface area contributed by atoms with Gasteiger partial charge >= 0.3 is 0 Å². The molecule has 32 heavy (non-hydrogen) atoms. The Morgan fingerprint density at radius 1 is 0.781 bits per heavy atom. The molecule has 1 spiro atoms. The second-order valence-corrected chi connectivity index (χ2v) is 13.4. The lowest BCUT2D eigenvalue weighted by Crippen LogP contribution is -2.61. The highest BCUT2D eigenvalue weighted by Gasteiger charge is 2.70. The van der Waals surface area contributed by atoms with Crippen LogP contribution in [-0.4, -0.2) is 52.1 Å². The van der Waals surface area contributed by atoms with Crippen LogP contribution in [0, 0.1) is 52.3 Å². The van der Waals surface area contributed by atoms with Gasteiger partial charge in [0.25, 0.3) is 0 Å². The molecule has 6 fully saturated rings. The number of aliphatic hydroxyl groups is 3. The molecule has 0 amide bonds. The van der Waals surface area contributed by atoms with Crippen molar-refractivity contribution in [2.75, 3.05) is 6.61 Å². The van der Waals surface area contributed by atoms with Gasteiger partial charge in [0, 0.05) is 12.3 Å². The second kappa shape index (κ2) is 7.16. The van der Waals surface area contributed by atoms with Crippen LogP contribution in [0.3, 0.4) is 0 Å². The average Bonchev–Trinajstić information content (AvgIpc) is 3.18. The fourth-order valence-corrected chi connectivity index (χ4v) is 10.3. The van der Waals surface area contributed by atoms with Crippen LogP contribution >= 0.6 is 0 Å². The first kappa shape index (κ1) is 22.3.